The van der Waals surface area contributed by atoms with Crippen LogP contribution in [-0.4, -0.2) is 32.4 Å². The number of hydrogen-bond donors (Lipinski definition) is 2. The van der Waals surface area contributed by atoms with Gasteiger partial charge in [0.2, 0.25) is 0 Å². The zero-order valence-corrected chi connectivity index (χ0v) is 9.85. The van der Waals surface area contributed by atoms with Crippen molar-refractivity contribution < 1.29 is 9.90 Å². The third-order valence-corrected chi connectivity index (χ3v) is 2.92. The van der Waals surface area contributed by atoms with E-state index in [1.54, 1.807) is 6.20 Å². The van der Waals surface area contributed by atoms with Crippen molar-refractivity contribution in [2.24, 2.45) is 0 Å². The number of aryl methyl sites for hydroxylation is 1. The number of carboxylic acid groups (broad SMARTS) is 1. The molecule has 0 saturated carbocycles. The van der Waals surface area contributed by atoms with Gasteiger partial charge in [0.1, 0.15) is 0 Å². The van der Waals surface area contributed by atoms with Crippen LogP contribution in [0, 0.1) is 0 Å². The molecule has 0 unspecified atom stereocenters. The van der Waals surface area contributed by atoms with E-state index in [0.29, 0.717) is 5.13 Å². The van der Waals surface area contributed by atoms with Gasteiger partial charge in [-0.25, -0.2) is 9.78 Å². The summed E-state index contributed by atoms with van der Waals surface area (Å²) in [6.45, 7) is 1.57. The van der Waals surface area contributed by atoms with E-state index in [1.165, 1.54) is 16.7 Å². The molecular formula is C10H12N4O2S. The zero-order chi connectivity index (χ0) is 12.1. The maximum absolute atomic E-state index is 10.6. The molecule has 0 fully saturated rings. The lowest BCUT2D eigenvalue weighted by molar-refractivity contribution is 0.0691. The van der Waals surface area contributed by atoms with Gasteiger partial charge in [-0.1, -0.05) is 0 Å². The van der Waals surface area contributed by atoms with Crippen LogP contribution in [0.25, 0.3) is 0 Å². The highest BCUT2D eigenvalue weighted by molar-refractivity contribution is 7.13. The quantitative estimate of drug-likeness (QED) is 0.762. The summed E-state index contributed by atoms with van der Waals surface area (Å²) in [4.78, 5) is 14.5. The van der Waals surface area contributed by atoms with Gasteiger partial charge in [-0.05, 0) is 12.5 Å². The minimum absolute atomic E-state index is 0.0876. The average Bonchev–Trinajstić information content (AvgIpc) is 2.96. The number of thiazole rings is 1. The normalized spacial score (nSPS) is 10.4. The first-order valence-corrected chi connectivity index (χ1v) is 6.04. The molecule has 0 saturated heterocycles. The maximum Gasteiger partial charge on any atom is 0.355 e. The molecule has 6 nitrogen and oxygen atoms in total. The molecule has 7 heteroatoms. The summed E-state index contributed by atoms with van der Waals surface area (Å²) < 4.78 is 1.85. The first kappa shape index (κ1) is 11.6. The summed E-state index contributed by atoms with van der Waals surface area (Å²) in [5.74, 6) is -0.995. The smallest absolute Gasteiger partial charge is 0.355 e. The van der Waals surface area contributed by atoms with Gasteiger partial charge in [0.25, 0.3) is 0 Å². The number of aromatic nitrogens is 3. The molecule has 2 rings (SSSR count). The average molecular weight is 252 g/mol. The van der Waals surface area contributed by atoms with Gasteiger partial charge < -0.3 is 10.4 Å². The lowest BCUT2D eigenvalue weighted by Gasteiger charge is -2.02. The first-order valence-electron chi connectivity index (χ1n) is 5.16. The number of rotatable bonds is 6. The molecule has 0 atom stereocenters. The molecule has 0 aliphatic heterocycles. The molecule has 0 amide bonds. The van der Waals surface area contributed by atoms with Crippen LogP contribution < -0.4 is 5.32 Å². The van der Waals surface area contributed by atoms with Crippen LogP contribution in [0.5, 0.6) is 0 Å². The van der Waals surface area contributed by atoms with Crippen LogP contribution >= 0.6 is 11.3 Å². The van der Waals surface area contributed by atoms with Crippen molar-refractivity contribution >= 4 is 22.4 Å². The van der Waals surface area contributed by atoms with E-state index in [9.17, 15) is 4.79 Å². The van der Waals surface area contributed by atoms with Crippen molar-refractivity contribution in [3.8, 4) is 0 Å². The van der Waals surface area contributed by atoms with Gasteiger partial charge >= 0.3 is 5.97 Å². The predicted molar refractivity (Wildman–Crippen MR) is 64.4 cm³/mol. The van der Waals surface area contributed by atoms with Crippen molar-refractivity contribution in [1.29, 1.82) is 0 Å². The van der Waals surface area contributed by atoms with Gasteiger partial charge in [0.15, 0.2) is 10.8 Å². The summed E-state index contributed by atoms with van der Waals surface area (Å²) in [7, 11) is 0. The van der Waals surface area contributed by atoms with Gasteiger partial charge in [-0.15, -0.1) is 11.3 Å². The predicted octanol–water partition coefficient (Wildman–Crippen LogP) is 1.54. The highest BCUT2D eigenvalue weighted by Crippen LogP contribution is 2.14. The molecule has 0 aliphatic carbocycles. The fourth-order valence-electron chi connectivity index (χ4n) is 1.32. The molecule has 2 heterocycles. The van der Waals surface area contributed by atoms with E-state index in [-0.39, 0.29) is 5.69 Å². The minimum atomic E-state index is -0.995. The number of carboxylic acids is 1. The first-order chi connectivity index (χ1) is 8.25. The van der Waals surface area contributed by atoms with Gasteiger partial charge in [0.05, 0.1) is 0 Å². The van der Waals surface area contributed by atoms with Crippen LogP contribution in [-0.2, 0) is 6.54 Å². The molecular weight excluding hydrogens is 240 g/mol. The Morgan fingerprint density at radius 1 is 1.59 bits per heavy atom. The van der Waals surface area contributed by atoms with E-state index >= 15 is 0 Å². The van der Waals surface area contributed by atoms with Crippen LogP contribution in [0.2, 0.25) is 0 Å². The third kappa shape index (κ3) is 3.28. The zero-order valence-electron chi connectivity index (χ0n) is 9.04. The number of aromatic carboxylic acids is 1. The lowest BCUT2D eigenvalue weighted by Crippen LogP contribution is -2.07. The van der Waals surface area contributed by atoms with Gasteiger partial charge in [-0.2, -0.15) is 5.10 Å². The van der Waals surface area contributed by atoms with E-state index in [0.717, 1.165) is 19.5 Å². The number of carbonyl (C=O) groups is 1. The molecule has 0 aromatic carbocycles. The Morgan fingerprint density at radius 3 is 3.12 bits per heavy atom. The Hall–Kier alpha value is -1.89. The lowest BCUT2D eigenvalue weighted by atomic mass is 10.4. The van der Waals surface area contributed by atoms with Crippen molar-refractivity contribution in [3.63, 3.8) is 0 Å². The van der Waals surface area contributed by atoms with E-state index in [4.69, 9.17) is 5.11 Å². The third-order valence-electron chi connectivity index (χ3n) is 2.12. The van der Waals surface area contributed by atoms with Crippen molar-refractivity contribution in [2.45, 2.75) is 13.0 Å². The fourth-order valence-corrected chi connectivity index (χ4v) is 2.04. The molecule has 0 bridgehead atoms. The Kier molecular flexibility index (Phi) is 3.71. The van der Waals surface area contributed by atoms with Crippen molar-refractivity contribution in [3.05, 3.63) is 29.5 Å². The van der Waals surface area contributed by atoms with E-state index < -0.39 is 5.97 Å². The number of nitrogens with one attached hydrogen (secondary N) is 1. The molecule has 0 spiro atoms. The van der Waals surface area contributed by atoms with Crippen LogP contribution in [0.15, 0.2) is 23.8 Å². The monoisotopic (exact) mass is 252 g/mol. The molecule has 2 aromatic rings. The SMILES string of the molecule is O=C(O)c1csc(NCCCn2cccn2)n1. The van der Waals surface area contributed by atoms with E-state index in [1.807, 2.05) is 16.9 Å². The van der Waals surface area contributed by atoms with Gasteiger partial charge in [-0.3, -0.25) is 4.68 Å². The molecule has 2 aromatic heterocycles. The summed E-state index contributed by atoms with van der Waals surface area (Å²) >= 11 is 1.30. The molecule has 0 aliphatic rings. The highest BCUT2D eigenvalue weighted by atomic mass is 32.1. The Morgan fingerprint density at radius 2 is 2.47 bits per heavy atom. The molecule has 2 N–H and O–H groups in total. The Bertz CT molecular complexity index is 480. The topological polar surface area (TPSA) is 80.0 Å². The molecule has 17 heavy (non-hydrogen) atoms. The van der Waals surface area contributed by atoms with Crippen molar-refractivity contribution in [1.82, 2.24) is 14.8 Å². The standard InChI is InChI=1S/C10H12N4O2S/c15-9(16)8-7-17-10(13-8)11-3-1-5-14-6-2-4-12-14/h2,4,6-7H,1,3,5H2,(H,11,13)(H,15,16). The summed E-state index contributed by atoms with van der Waals surface area (Å²) in [5.41, 5.74) is 0.0876. The molecule has 0 radical (unpaired) electrons. The molecule has 90 valence electrons. The second kappa shape index (κ2) is 5.44. The second-order valence-corrected chi connectivity index (χ2v) is 4.25. The number of hydrogen-bond acceptors (Lipinski definition) is 5. The largest absolute Gasteiger partial charge is 0.476 e. The Labute approximate surface area is 102 Å². The van der Waals surface area contributed by atoms with Crippen molar-refractivity contribution in [2.75, 3.05) is 11.9 Å². The van der Waals surface area contributed by atoms with Crippen LogP contribution in [0.3, 0.4) is 0 Å². The summed E-state index contributed by atoms with van der Waals surface area (Å²) in [6, 6.07) is 1.88. The summed E-state index contributed by atoms with van der Waals surface area (Å²) in [5, 5.41) is 18.0. The summed E-state index contributed by atoms with van der Waals surface area (Å²) in [6.07, 6.45) is 4.56. The minimum Gasteiger partial charge on any atom is -0.476 e. The maximum atomic E-state index is 10.6. The van der Waals surface area contributed by atoms with Gasteiger partial charge in [0, 0.05) is 30.9 Å². The second-order valence-electron chi connectivity index (χ2n) is 3.39. The van der Waals surface area contributed by atoms with E-state index in [2.05, 4.69) is 15.4 Å². The van der Waals surface area contributed by atoms with Crippen LogP contribution in [0.1, 0.15) is 16.9 Å². The van der Waals surface area contributed by atoms with Crippen LogP contribution in [0.4, 0.5) is 5.13 Å². The highest BCUT2D eigenvalue weighted by Gasteiger charge is 2.07. The fraction of sp³-hybridized carbons (Fsp3) is 0.300. The number of nitrogens with zero attached hydrogens (tertiary/aromatic N) is 3. The Balaban J connectivity index is 1.72. The number of anilines is 1.